The summed E-state index contributed by atoms with van der Waals surface area (Å²) in [7, 11) is 5.23. The molecule has 4 aromatic rings. The van der Waals surface area contributed by atoms with Crippen molar-refractivity contribution in [2.24, 2.45) is 0 Å². The van der Waals surface area contributed by atoms with Gasteiger partial charge in [0.2, 0.25) is 0 Å². The molecule has 1 saturated heterocycles. The Hall–Kier alpha value is -3.14. The van der Waals surface area contributed by atoms with Gasteiger partial charge in [0.25, 0.3) is 0 Å². The van der Waals surface area contributed by atoms with E-state index in [1.165, 1.54) is 60.2 Å². The Kier molecular flexibility index (Phi) is 11.9. The summed E-state index contributed by atoms with van der Waals surface area (Å²) in [5.41, 5.74) is 8.62. The normalized spacial score (nSPS) is 17.6. The molecule has 0 radical (unpaired) electrons. The van der Waals surface area contributed by atoms with Crippen LogP contribution in [0.25, 0.3) is 0 Å². The molecule has 3 atom stereocenters. The molecule has 1 aliphatic heterocycles. The highest BCUT2D eigenvalue weighted by atomic mass is 31.1. The van der Waals surface area contributed by atoms with Crippen molar-refractivity contribution in [1.82, 2.24) is 0 Å². The van der Waals surface area contributed by atoms with Gasteiger partial charge in [-0.25, -0.2) is 0 Å². The van der Waals surface area contributed by atoms with Gasteiger partial charge in [-0.3, -0.25) is 0 Å². The minimum absolute atomic E-state index is 0.124. The molecule has 0 saturated carbocycles. The van der Waals surface area contributed by atoms with Gasteiger partial charge in [0, 0.05) is 12.3 Å². The fraction of sp³-hybridized carbons (Fsp3) is 0.429. The monoisotopic (exact) mass is 716 g/mol. The van der Waals surface area contributed by atoms with Gasteiger partial charge in [-0.2, -0.15) is 0 Å². The molecule has 8 heteroatoms. The van der Waals surface area contributed by atoms with Crippen LogP contribution >= 0.6 is 15.8 Å². The van der Waals surface area contributed by atoms with Crippen LogP contribution in [0.15, 0.2) is 54.6 Å². The lowest BCUT2D eigenvalue weighted by molar-refractivity contribution is -0.142. The van der Waals surface area contributed by atoms with Gasteiger partial charge in [-0.05, 0) is 187 Å². The van der Waals surface area contributed by atoms with Crippen molar-refractivity contribution >= 4 is 37.1 Å². The Balaban J connectivity index is 1.64. The van der Waals surface area contributed by atoms with Crippen LogP contribution in [0, 0.1) is 48.5 Å². The van der Waals surface area contributed by atoms with E-state index in [4.69, 9.17) is 28.4 Å². The number of benzene rings is 4. The molecule has 1 fully saturated rings. The highest BCUT2D eigenvalue weighted by molar-refractivity contribution is 7.74. The van der Waals surface area contributed by atoms with Crippen LogP contribution in [0.2, 0.25) is 0 Å². The van der Waals surface area contributed by atoms with Crippen LogP contribution in [0.5, 0.6) is 23.0 Å². The zero-order valence-corrected chi connectivity index (χ0v) is 33.9. The van der Waals surface area contributed by atoms with Crippen LogP contribution in [0.4, 0.5) is 0 Å². The lowest BCUT2D eigenvalue weighted by Crippen LogP contribution is -2.35. The second-order valence-electron chi connectivity index (χ2n) is 13.9. The van der Waals surface area contributed by atoms with Crippen molar-refractivity contribution in [2.45, 2.75) is 80.3 Å². The number of methoxy groups -OCH3 is 4. The maximum absolute atomic E-state index is 6.94. The van der Waals surface area contributed by atoms with Crippen LogP contribution in [0.1, 0.15) is 52.8 Å². The molecule has 4 aromatic carbocycles. The molecule has 1 heterocycles. The van der Waals surface area contributed by atoms with Gasteiger partial charge in [-0.1, -0.05) is 6.07 Å². The molecule has 1 aliphatic rings. The smallest absolute Gasteiger partial charge is 0.163 e. The molecule has 0 spiro atoms. The lowest BCUT2D eigenvalue weighted by Gasteiger charge is -2.32. The van der Waals surface area contributed by atoms with E-state index in [9.17, 15) is 0 Å². The van der Waals surface area contributed by atoms with E-state index in [1.807, 2.05) is 0 Å². The van der Waals surface area contributed by atoms with E-state index in [0.717, 1.165) is 35.3 Å². The molecule has 0 N–H and O–H groups in total. The van der Waals surface area contributed by atoms with E-state index in [-0.39, 0.29) is 12.2 Å². The number of aryl methyl sites for hydroxylation is 7. The van der Waals surface area contributed by atoms with Crippen LogP contribution in [-0.2, 0) is 9.47 Å². The first-order chi connectivity index (χ1) is 23.7. The second-order valence-corrected chi connectivity index (χ2v) is 18.2. The fourth-order valence-corrected chi connectivity index (χ4v) is 13.9. The quantitative estimate of drug-likeness (QED) is 0.139. The van der Waals surface area contributed by atoms with Gasteiger partial charge < -0.3 is 28.4 Å². The van der Waals surface area contributed by atoms with E-state index in [0.29, 0.717) is 0 Å². The minimum Gasteiger partial charge on any atom is -0.497 e. The Bertz CT molecular complexity index is 1720. The zero-order chi connectivity index (χ0) is 36.5. The first-order valence-corrected chi connectivity index (χ1v) is 20.3. The van der Waals surface area contributed by atoms with Crippen LogP contribution in [-0.4, -0.2) is 58.8 Å². The fourth-order valence-electron chi connectivity index (χ4n) is 7.62. The van der Waals surface area contributed by atoms with Gasteiger partial charge in [0.05, 0.1) is 40.6 Å². The summed E-state index contributed by atoms with van der Waals surface area (Å²) >= 11 is 0. The van der Waals surface area contributed by atoms with Gasteiger partial charge in [0.15, 0.2) is 5.79 Å². The summed E-state index contributed by atoms with van der Waals surface area (Å²) in [5, 5.41) is 5.45. The molecule has 0 aliphatic carbocycles. The molecule has 0 aromatic heterocycles. The van der Waals surface area contributed by atoms with Crippen molar-refractivity contribution in [3.63, 3.8) is 0 Å². The standard InChI is InChI=1S/C42H54O6P2/c1-25-16-32(43-10)14-15-38(25)49(39-26(2)17-33(44-11)18-27(39)3)23-36-37(48-42(8,9)47-36)24-50(40-28(4)19-34(45-12)20-29(40)5)41-30(6)21-35(46-13)22-31(41)7/h14-22,36-37H,23-24H2,1-13H3/t36-,37-,49?/m0/s1. The maximum atomic E-state index is 6.94. The highest BCUT2D eigenvalue weighted by Crippen LogP contribution is 2.48. The van der Waals surface area contributed by atoms with Crippen molar-refractivity contribution in [3.8, 4) is 23.0 Å². The molecule has 50 heavy (non-hydrogen) atoms. The second kappa shape index (κ2) is 15.6. The number of ether oxygens (including phenoxy) is 6. The predicted octanol–water partition coefficient (Wildman–Crippen LogP) is 7.97. The Morgan fingerprint density at radius 2 is 0.800 bits per heavy atom. The van der Waals surface area contributed by atoms with E-state index in [1.54, 1.807) is 28.4 Å². The molecular formula is C42H54O6P2. The zero-order valence-electron chi connectivity index (χ0n) is 32.1. The van der Waals surface area contributed by atoms with E-state index in [2.05, 4.69) is 117 Å². The highest BCUT2D eigenvalue weighted by Gasteiger charge is 2.44. The van der Waals surface area contributed by atoms with Crippen molar-refractivity contribution in [2.75, 3.05) is 40.8 Å². The Morgan fingerprint density at radius 1 is 0.480 bits per heavy atom. The first kappa shape index (κ1) is 38.1. The third-order valence-electron chi connectivity index (χ3n) is 9.62. The minimum atomic E-state index is -0.855. The number of hydrogen-bond donors (Lipinski definition) is 0. The maximum Gasteiger partial charge on any atom is 0.163 e. The van der Waals surface area contributed by atoms with Crippen LogP contribution < -0.4 is 40.2 Å². The van der Waals surface area contributed by atoms with Crippen molar-refractivity contribution in [3.05, 3.63) is 93.5 Å². The third-order valence-corrected chi connectivity index (χ3v) is 15.9. The summed E-state index contributed by atoms with van der Waals surface area (Å²) in [4.78, 5) is 0. The summed E-state index contributed by atoms with van der Waals surface area (Å²) < 4.78 is 36.5. The predicted molar refractivity (Wildman–Crippen MR) is 211 cm³/mol. The Labute approximate surface area is 302 Å². The van der Waals surface area contributed by atoms with Gasteiger partial charge >= 0.3 is 0 Å². The molecule has 6 nitrogen and oxygen atoms in total. The molecule has 0 bridgehead atoms. The molecule has 5 rings (SSSR count). The third kappa shape index (κ3) is 8.00. The summed E-state index contributed by atoms with van der Waals surface area (Å²) in [6.07, 6.45) is 1.41. The molecule has 0 amide bonds. The topological polar surface area (TPSA) is 55.4 Å². The summed E-state index contributed by atoms with van der Waals surface area (Å²) in [6, 6.07) is 19.5. The largest absolute Gasteiger partial charge is 0.497 e. The average molecular weight is 717 g/mol. The van der Waals surface area contributed by atoms with Gasteiger partial charge in [-0.15, -0.1) is 0 Å². The van der Waals surface area contributed by atoms with Gasteiger partial charge in [0.1, 0.15) is 23.0 Å². The van der Waals surface area contributed by atoms with Crippen molar-refractivity contribution in [1.29, 1.82) is 0 Å². The Morgan fingerprint density at radius 3 is 1.14 bits per heavy atom. The molecule has 268 valence electrons. The van der Waals surface area contributed by atoms with E-state index < -0.39 is 21.6 Å². The van der Waals surface area contributed by atoms with Crippen molar-refractivity contribution < 1.29 is 28.4 Å². The number of rotatable bonds is 12. The molecular weight excluding hydrogens is 662 g/mol. The van der Waals surface area contributed by atoms with Crippen LogP contribution in [0.3, 0.4) is 0 Å². The van der Waals surface area contributed by atoms with E-state index >= 15 is 0 Å². The SMILES string of the molecule is COc1ccc(P(C[C@@H]2OC(C)(C)O[C@H]2CP(c2c(C)cc(OC)cc2C)c2c(C)cc(OC)cc2C)c2c(C)cc(OC)cc2C)c(C)c1. The summed E-state index contributed by atoms with van der Waals surface area (Å²) in [6.45, 7) is 19.6. The average Bonchev–Trinajstić information content (AvgIpc) is 3.34. The molecule has 1 unspecified atom stereocenters. The summed E-state index contributed by atoms with van der Waals surface area (Å²) in [5.74, 6) is 2.79. The first-order valence-electron chi connectivity index (χ1n) is 17.2. The lowest BCUT2D eigenvalue weighted by atomic mass is 10.1. The number of hydrogen-bond acceptors (Lipinski definition) is 6.